The molecule has 1 amide bonds. The predicted molar refractivity (Wildman–Crippen MR) is 59.2 cm³/mol. The van der Waals surface area contributed by atoms with Crippen LogP contribution in [0.3, 0.4) is 0 Å². The lowest BCUT2D eigenvalue weighted by Gasteiger charge is -2.25. The normalized spacial score (nSPS) is 28.5. The zero-order valence-corrected chi connectivity index (χ0v) is 9.41. The standard InChI is InChI=1S/C11H22N2O2/c1-2-10(12)11(15)13-7-8-3-5-9(14)6-4-8/h8-10,14H,2-7,12H2,1H3,(H,13,15)/t8?,9?,10-/m0/s1. The van der Waals surface area contributed by atoms with Gasteiger partial charge in [-0.1, -0.05) is 6.92 Å². The molecule has 0 aromatic carbocycles. The molecule has 0 saturated heterocycles. The number of hydrogen-bond acceptors (Lipinski definition) is 3. The van der Waals surface area contributed by atoms with Crippen molar-refractivity contribution in [2.45, 2.75) is 51.2 Å². The number of rotatable bonds is 4. The van der Waals surface area contributed by atoms with E-state index in [1.807, 2.05) is 6.92 Å². The number of carbonyl (C=O) groups excluding carboxylic acids is 1. The maximum Gasteiger partial charge on any atom is 0.236 e. The van der Waals surface area contributed by atoms with Crippen LogP contribution in [0, 0.1) is 5.92 Å². The van der Waals surface area contributed by atoms with Crippen LogP contribution in [0.15, 0.2) is 0 Å². The quantitative estimate of drug-likeness (QED) is 0.633. The van der Waals surface area contributed by atoms with Crippen molar-refractivity contribution in [1.29, 1.82) is 0 Å². The highest BCUT2D eigenvalue weighted by Crippen LogP contribution is 2.23. The fraction of sp³-hybridized carbons (Fsp3) is 0.909. The molecule has 15 heavy (non-hydrogen) atoms. The van der Waals surface area contributed by atoms with Crippen molar-refractivity contribution >= 4 is 5.91 Å². The monoisotopic (exact) mass is 214 g/mol. The molecule has 0 spiro atoms. The van der Waals surface area contributed by atoms with Gasteiger partial charge in [0, 0.05) is 6.54 Å². The van der Waals surface area contributed by atoms with Crippen molar-refractivity contribution in [3.63, 3.8) is 0 Å². The maximum atomic E-state index is 11.4. The topological polar surface area (TPSA) is 75.4 Å². The van der Waals surface area contributed by atoms with E-state index >= 15 is 0 Å². The Morgan fingerprint density at radius 3 is 2.60 bits per heavy atom. The average molecular weight is 214 g/mol. The second-order valence-corrected chi connectivity index (χ2v) is 4.43. The van der Waals surface area contributed by atoms with Crippen LogP contribution in [0.4, 0.5) is 0 Å². The summed E-state index contributed by atoms with van der Waals surface area (Å²) in [6.07, 6.45) is 4.27. The SMILES string of the molecule is CC[C@H](N)C(=O)NCC1CCC(O)CC1. The first-order chi connectivity index (χ1) is 7.13. The molecule has 1 saturated carbocycles. The summed E-state index contributed by atoms with van der Waals surface area (Å²) in [7, 11) is 0. The van der Waals surface area contributed by atoms with Gasteiger partial charge in [-0.2, -0.15) is 0 Å². The molecule has 0 radical (unpaired) electrons. The molecule has 4 heteroatoms. The third-order valence-corrected chi connectivity index (χ3v) is 3.16. The van der Waals surface area contributed by atoms with E-state index in [4.69, 9.17) is 5.73 Å². The van der Waals surface area contributed by atoms with Crippen LogP contribution in [0.5, 0.6) is 0 Å². The molecule has 1 aliphatic rings. The van der Waals surface area contributed by atoms with E-state index in [9.17, 15) is 9.90 Å². The number of nitrogens with two attached hydrogens (primary N) is 1. The molecule has 0 bridgehead atoms. The van der Waals surface area contributed by atoms with Crippen LogP contribution in [0.1, 0.15) is 39.0 Å². The number of aliphatic hydroxyl groups is 1. The molecule has 1 atom stereocenters. The van der Waals surface area contributed by atoms with Gasteiger partial charge in [-0.05, 0) is 38.0 Å². The van der Waals surface area contributed by atoms with Gasteiger partial charge >= 0.3 is 0 Å². The molecule has 0 unspecified atom stereocenters. The highest BCUT2D eigenvalue weighted by Gasteiger charge is 2.20. The Balaban J connectivity index is 2.17. The largest absolute Gasteiger partial charge is 0.393 e. The Bertz CT molecular complexity index is 201. The summed E-state index contributed by atoms with van der Waals surface area (Å²) in [6.45, 7) is 2.61. The van der Waals surface area contributed by atoms with E-state index in [0.717, 1.165) is 25.7 Å². The number of aliphatic hydroxyl groups excluding tert-OH is 1. The predicted octanol–water partition coefficient (Wildman–Crippen LogP) is 0.391. The van der Waals surface area contributed by atoms with Gasteiger partial charge in [0.2, 0.25) is 5.91 Å². The number of amides is 1. The van der Waals surface area contributed by atoms with E-state index in [1.165, 1.54) is 0 Å². The van der Waals surface area contributed by atoms with Gasteiger partial charge in [-0.15, -0.1) is 0 Å². The molecule has 4 nitrogen and oxygen atoms in total. The Morgan fingerprint density at radius 2 is 2.07 bits per heavy atom. The van der Waals surface area contributed by atoms with Gasteiger partial charge in [-0.25, -0.2) is 0 Å². The second kappa shape index (κ2) is 6.08. The molecule has 0 aliphatic heterocycles. The fourth-order valence-electron chi connectivity index (χ4n) is 1.91. The third-order valence-electron chi connectivity index (χ3n) is 3.16. The van der Waals surface area contributed by atoms with Gasteiger partial charge in [0.05, 0.1) is 12.1 Å². The van der Waals surface area contributed by atoms with Crippen LogP contribution in [0.2, 0.25) is 0 Å². The fourth-order valence-corrected chi connectivity index (χ4v) is 1.91. The minimum Gasteiger partial charge on any atom is -0.393 e. The summed E-state index contributed by atoms with van der Waals surface area (Å²) in [4.78, 5) is 11.4. The summed E-state index contributed by atoms with van der Waals surface area (Å²) in [6, 6.07) is -0.376. The molecule has 1 aliphatic carbocycles. The van der Waals surface area contributed by atoms with E-state index in [2.05, 4.69) is 5.32 Å². The Labute approximate surface area is 91.2 Å². The first-order valence-corrected chi connectivity index (χ1v) is 5.84. The lowest BCUT2D eigenvalue weighted by Crippen LogP contribution is -2.42. The van der Waals surface area contributed by atoms with Crippen molar-refractivity contribution < 1.29 is 9.90 Å². The highest BCUT2D eigenvalue weighted by molar-refractivity contribution is 5.81. The molecule has 0 aromatic heterocycles. The molecule has 0 heterocycles. The second-order valence-electron chi connectivity index (χ2n) is 4.43. The molecular weight excluding hydrogens is 192 g/mol. The first kappa shape index (κ1) is 12.5. The van der Waals surface area contributed by atoms with Crippen molar-refractivity contribution in [2.75, 3.05) is 6.54 Å². The van der Waals surface area contributed by atoms with E-state index in [1.54, 1.807) is 0 Å². The highest BCUT2D eigenvalue weighted by atomic mass is 16.3. The minimum absolute atomic E-state index is 0.0522. The summed E-state index contributed by atoms with van der Waals surface area (Å²) < 4.78 is 0. The van der Waals surface area contributed by atoms with Crippen molar-refractivity contribution in [3.8, 4) is 0 Å². The number of carbonyl (C=O) groups is 1. The minimum atomic E-state index is -0.376. The number of nitrogens with one attached hydrogen (secondary N) is 1. The summed E-state index contributed by atoms with van der Waals surface area (Å²) >= 11 is 0. The van der Waals surface area contributed by atoms with E-state index in [-0.39, 0.29) is 18.1 Å². The third kappa shape index (κ3) is 4.18. The van der Waals surface area contributed by atoms with Crippen LogP contribution in [-0.2, 0) is 4.79 Å². The lowest BCUT2D eigenvalue weighted by atomic mass is 9.87. The van der Waals surface area contributed by atoms with Gasteiger partial charge < -0.3 is 16.2 Å². The maximum absolute atomic E-state index is 11.4. The van der Waals surface area contributed by atoms with Crippen LogP contribution < -0.4 is 11.1 Å². The Morgan fingerprint density at radius 1 is 1.47 bits per heavy atom. The van der Waals surface area contributed by atoms with Crippen LogP contribution in [-0.4, -0.2) is 29.7 Å². The lowest BCUT2D eigenvalue weighted by molar-refractivity contribution is -0.122. The Kier molecular flexibility index (Phi) is 5.05. The van der Waals surface area contributed by atoms with Crippen LogP contribution >= 0.6 is 0 Å². The van der Waals surface area contributed by atoms with E-state index < -0.39 is 0 Å². The molecular formula is C11H22N2O2. The van der Waals surface area contributed by atoms with Crippen molar-refractivity contribution in [2.24, 2.45) is 11.7 Å². The summed E-state index contributed by atoms with van der Waals surface area (Å²) in [5.41, 5.74) is 5.60. The first-order valence-electron chi connectivity index (χ1n) is 5.84. The van der Waals surface area contributed by atoms with Crippen molar-refractivity contribution in [1.82, 2.24) is 5.32 Å². The Hall–Kier alpha value is -0.610. The summed E-state index contributed by atoms with van der Waals surface area (Å²) in [5, 5.41) is 12.2. The molecule has 1 rings (SSSR count). The summed E-state index contributed by atoms with van der Waals surface area (Å²) in [5.74, 6) is 0.463. The molecule has 4 N–H and O–H groups in total. The van der Waals surface area contributed by atoms with Crippen molar-refractivity contribution in [3.05, 3.63) is 0 Å². The van der Waals surface area contributed by atoms with Gasteiger partial charge in [0.25, 0.3) is 0 Å². The average Bonchev–Trinajstić information content (AvgIpc) is 2.26. The van der Waals surface area contributed by atoms with E-state index in [0.29, 0.717) is 18.9 Å². The van der Waals surface area contributed by atoms with Crippen LogP contribution in [0.25, 0.3) is 0 Å². The van der Waals surface area contributed by atoms with Gasteiger partial charge in [0.15, 0.2) is 0 Å². The zero-order valence-electron chi connectivity index (χ0n) is 9.41. The smallest absolute Gasteiger partial charge is 0.236 e. The molecule has 0 aromatic rings. The van der Waals surface area contributed by atoms with Gasteiger partial charge in [-0.3, -0.25) is 4.79 Å². The number of hydrogen-bond donors (Lipinski definition) is 3. The molecule has 1 fully saturated rings. The van der Waals surface area contributed by atoms with Gasteiger partial charge in [0.1, 0.15) is 0 Å². The molecule has 88 valence electrons. The zero-order chi connectivity index (χ0) is 11.3.